The van der Waals surface area contributed by atoms with Crippen molar-refractivity contribution in [3.8, 4) is 6.07 Å². The minimum absolute atomic E-state index is 0.172. The molecule has 0 aliphatic heterocycles. The van der Waals surface area contributed by atoms with Crippen LogP contribution >= 0.6 is 0 Å². The molecule has 4 heteroatoms. The molecule has 1 N–H and O–H groups in total. The van der Waals surface area contributed by atoms with Crippen LogP contribution < -0.4 is 0 Å². The van der Waals surface area contributed by atoms with E-state index in [0.29, 0.717) is 31.6 Å². The fourth-order valence-corrected chi connectivity index (χ4v) is 2.16. The Hall–Kier alpha value is -1.50. The van der Waals surface area contributed by atoms with Crippen molar-refractivity contribution in [2.45, 2.75) is 64.2 Å². The van der Waals surface area contributed by atoms with Crippen LogP contribution in [0.3, 0.4) is 0 Å². The lowest BCUT2D eigenvalue weighted by Crippen LogP contribution is -2.01. The van der Waals surface area contributed by atoms with Crippen molar-refractivity contribution >= 4 is 0 Å². The van der Waals surface area contributed by atoms with E-state index in [0.717, 1.165) is 25.7 Å². The summed E-state index contributed by atoms with van der Waals surface area (Å²) in [6.45, 7) is 0.619. The van der Waals surface area contributed by atoms with E-state index in [4.69, 9.17) is 15.1 Å². The predicted molar refractivity (Wildman–Crippen MR) is 76.6 cm³/mol. The Labute approximate surface area is 120 Å². The van der Waals surface area contributed by atoms with Gasteiger partial charge < -0.3 is 9.84 Å². The number of hydrogen-bond acceptors (Lipinski definition) is 3. The van der Waals surface area contributed by atoms with Crippen LogP contribution in [0.1, 0.15) is 64.2 Å². The minimum atomic E-state index is -0.566. The van der Waals surface area contributed by atoms with Crippen molar-refractivity contribution in [1.82, 2.24) is 0 Å². The van der Waals surface area contributed by atoms with Gasteiger partial charge in [0.1, 0.15) is 5.76 Å². The molecule has 0 fully saturated rings. The Morgan fingerprint density at radius 1 is 1.10 bits per heavy atom. The van der Waals surface area contributed by atoms with E-state index in [-0.39, 0.29) is 5.76 Å². The molecule has 0 aromatic carbocycles. The van der Waals surface area contributed by atoms with Gasteiger partial charge in [-0.15, -0.1) is 0 Å². The van der Waals surface area contributed by atoms with E-state index < -0.39 is 5.83 Å². The molecule has 0 unspecified atom stereocenters. The van der Waals surface area contributed by atoms with Gasteiger partial charge in [0.25, 0.3) is 0 Å². The fourth-order valence-electron chi connectivity index (χ4n) is 2.16. The Balaban J connectivity index is 1.93. The second-order valence-electron chi connectivity index (χ2n) is 5.14. The highest BCUT2D eigenvalue weighted by atomic mass is 19.1. The molecular formula is C16H24FNO2. The van der Waals surface area contributed by atoms with Crippen LogP contribution in [0.25, 0.3) is 0 Å². The highest BCUT2D eigenvalue weighted by molar-refractivity contribution is 5.22. The summed E-state index contributed by atoms with van der Waals surface area (Å²) < 4.78 is 18.6. The quantitative estimate of drug-likeness (QED) is 0.569. The third kappa shape index (κ3) is 7.18. The maximum atomic E-state index is 13.1. The van der Waals surface area contributed by atoms with Crippen molar-refractivity contribution < 1.29 is 14.2 Å². The molecule has 0 saturated heterocycles. The van der Waals surface area contributed by atoms with Gasteiger partial charge in [0.05, 0.1) is 18.4 Å². The van der Waals surface area contributed by atoms with E-state index in [2.05, 4.69) is 6.07 Å². The van der Waals surface area contributed by atoms with Crippen molar-refractivity contribution in [3.05, 3.63) is 23.4 Å². The van der Waals surface area contributed by atoms with Gasteiger partial charge in [-0.05, 0) is 12.8 Å². The standard InChI is InChI=1S/C16H24FNO2/c17-15-13-14(9-10-16(15)19)20-12-8-6-4-2-1-3-5-7-11-18/h13,19H,1-10,12H2. The third-order valence-corrected chi connectivity index (χ3v) is 3.39. The molecule has 0 heterocycles. The van der Waals surface area contributed by atoms with Gasteiger partial charge in [-0.25, -0.2) is 4.39 Å². The predicted octanol–water partition coefficient (Wildman–Crippen LogP) is 5.06. The fraction of sp³-hybridized carbons (Fsp3) is 0.688. The lowest BCUT2D eigenvalue weighted by molar-refractivity contribution is 0.188. The number of aliphatic hydroxyl groups is 1. The molecule has 1 rings (SSSR count). The van der Waals surface area contributed by atoms with E-state index in [1.807, 2.05) is 0 Å². The maximum absolute atomic E-state index is 13.1. The van der Waals surface area contributed by atoms with Gasteiger partial charge in [-0.1, -0.05) is 32.1 Å². The minimum Gasteiger partial charge on any atom is -0.509 e. The van der Waals surface area contributed by atoms with Crippen LogP contribution in [-0.2, 0) is 4.74 Å². The Kier molecular flexibility index (Phi) is 8.53. The molecule has 1 aliphatic carbocycles. The summed E-state index contributed by atoms with van der Waals surface area (Å²) in [6, 6.07) is 2.16. The third-order valence-electron chi connectivity index (χ3n) is 3.39. The monoisotopic (exact) mass is 281 g/mol. The largest absolute Gasteiger partial charge is 0.509 e. The van der Waals surface area contributed by atoms with Gasteiger partial charge >= 0.3 is 0 Å². The Morgan fingerprint density at radius 2 is 1.75 bits per heavy atom. The lowest BCUT2D eigenvalue weighted by atomic mass is 10.1. The molecule has 0 aromatic heterocycles. The van der Waals surface area contributed by atoms with Crippen molar-refractivity contribution in [3.63, 3.8) is 0 Å². The van der Waals surface area contributed by atoms with E-state index >= 15 is 0 Å². The summed E-state index contributed by atoms with van der Waals surface area (Å²) >= 11 is 0. The van der Waals surface area contributed by atoms with Crippen molar-refractivity contribution in [2.75, 3.05) is 6.61 Å². The zero-order valence-electron chi connectivity index (χ0n) is 12.0. The first kappa shape index (κ1) is 16.6. The van der Waals surface area contributed by atoms with Crippen LogP contribution in [0, 0.1) is 11.3 Å². The first-order valence-electron chi connectivity index (χ1n) is 7.52. The van der Waals surface area contributed by atoms with Gasteiger partial charge in [0.2, 0.25) is 0 Å². The summed E-state index contributed by atoms with van der Waals surface area (Å²) in [4.78, 5) is 0. The van der Waals surface area contributed by atoms with Crippen LogP contribution in [0.15, 0.2) is 23.4 Å². The molecular weight excluding hydrogens is 257 g/mol. The molecule has 3 nitrogen and oxygen atoms in total. The van der Waals surface area contributed by atoms with Gasteiger partial charge in [0, 0.05) is 25.3 Å². The summed E-state index contributed by atoms with van der Waals surface area (Å²) in [5, 5.41) is 17.5. The Morgan fingerprint density at radius 3 is 2.40 bits per heavy atom. The van der Waals surface area contributed by atoms with Gasteiger partial charge in [-0.2, -0.15) is 5.26 Å². The molecule has 1 aliphatic rings. The van der Waals surface area contributed by atoms with Crippen LogP contribution in [-0.4, -0.2) is 11.7 Å². The Bertz CT molecular complexity index is 382. The number of unbranched alkanes of at least 4 members (excludes halogenated alkanes) is 7. The molecule has 20 heavy (non-hydrogen) atoms. The number of ether oxygens (including phenoxy) is 1. The average Bonchev–Trinajstić information content (AvgIpc) is 2.45. The second kappa shape index (κ2) is 10.3. The summed E-state index contributed by atoms with van der Waals surface area (Å²) in [5.74, 6) is -0.103. The van der Waals surface area contributed by atoms with Crippen molar-refractivity contribution in [1.29, 1.82) is 5.26 Å². The topological polar surface area (TPSA) is 53.2 Å². The first-order valence-corrected chi connectivity index (χ1v) is 7.52. The molecule has 0 bridgehead atoms. The zero-order valence-corrected chi connectivity index (χ0v) is 12.0. The molecule has 0 spiro atoms. The van der Waals surface area contributed by atoms with Crippen LogP contribution in [0.2, 0.25) is 0 Å². The summed E-state index contributed by atoms with van der Waals surface area (Å²) in [5.41, 5.74) is 0. The van der Waals surface area contributed by atoms with E-state index in [9.17, 15) is 4.39 Å². The number of nitrogens with zero attached hydrogens (tertiary/aromatic N) is 1. The van der Waals surface area contributed by atoms with Gasteiger partial charge in [0.15, 0.2) is 5.83 Å². The number of nitriles is 1. The van der Waals surface area contributed by atoms with Gasteiger partial charge in [-0.3, -0.25) is 0 Å². The second-order valence-corrected chi connectivity index (χ2v) is 5.14. The smallest absolute Gasteiger partial charge is 0.163 e. The zero-order chi connectivity index (χ0) is 14.6. The average molecular weight is 281 g/mol. The molecule has 0 atom stereocenters. The van der Waals surface area contributed by atoms with Crippen LogP contribution in [0.4, 0.5) is 4.39 Å². The molecule has 0 amide bonds. The van der Waals surface area contributed by atoms with E-state index in [1.165, 1.54) is 25.3 Å². The SMILES string of the molecule is N#CCCCCCCCCCOC1=CC(F)=C(O)CC1. The van der Waals surface area contributed by atoms with E-state index in [1.54, 1.807) is 0 Å². The number of allylic oxidation sites excluding steroid dienone is 4. The first-order chi connectivity index (χ1) is 9.74. The van der Waals surface area contributed by atoms with Crippen molar-refractivity contribution in [2.24, 2.45) is 0 Å². The summed E-state index contributed by atoms with van der Waals surface area (Å²) in [6.07, 6.45) is 10.7. The number of aliphatic hydroxyl groups excluding tert-OH is 1. The normalized spacial score (nSPS) is 14.9. The number of rotatable bonds is 10. The highest BCUT2D eigenvalue weighted by Gasteiger charge is 2.12. The molecule has 112 valence electrons. The van der Waals surface area contributed by atoms with Crippen LogP contribution in [0.5, 0.6) is 0 Å². The molecule has 0 radical (unpaired) electrons. The molecule has 0 aromatic rings. The molecule has 0 saturated carbocycles. The number of hydrogen-bond donors (Lipinski definition) is 1. The number of halogens is 1. The summed E-state index contributed by atoms with van der Waals surface area (Å²) in [7, 11) is 0. The lowest BCUT2D eigenvalue weighted by Gasteiger charge is -2.14. The maximum Gasteiger partial charge on any atom is 0.163 e. The highest BCUT2D eigenvalue weighted by Crippen LogP contribution is 2.23.